The summed E-state index contributed by atoms with van der Waals surface area (Å²) in [6.45, 7) is 1.88. The van der Waals surface area contributed by atoms with E-state index < -0.39 is 0 Å². The van der Waals surface area contributed by atoms with Gasteiger partial charge < -0.3 is 0 Å². The Morgan fingerprint density at radius 1 is 1.29 bits per heavy atom. The molecule has 1 saturated heterocycles. The lowest BCUT2D eigenvalue weighted by Crippen LogP contribution is -1.99. The number of rotatable bonds is 1. The van der Waals surface area contributed by atoms with Crippen molar-refractivity contribution in [2.75, 3.05) is 0 Å². The highest BCUT2D eigenvalue weighted by atomic mass is 14.1. The van der Waals surface area contributed by atoms with E-state index in [1.54, 1.807) is 0 Å². The molecule has 1 heterocycles. The third-order valence-corrected chi connectivity index (χ3v) is 3.01. The first-order chi connectivity index (χ1) is 6.90. The monoisotopic (exact) mass is 182 g/mol. The molecule has 1 aromatic carbocycles. The molecule has 0 saturated carbocycles. The summed E-state index contributed by atoms with van der Waals surface area (Å²) < 4.78 is 0. The Labute approximate surface area is 87.0 Å². The minimum Gasteiger partial charge on any atom is -0.101 e. The van der Waals surface area contributed by atoms with Gasteiger partial charge in [0.2, 0.25) is 0 Å². The predicted octanol–water partition coefficient (Wildman–Crippen LogP) is 2.75. The number of hydrogen-bond acceptors (Lipinski definition) is 0. The lowest BCUT2D eigenvalue weighted by molar-refractivity contribution is 0.822. The SMILES string of the molecule is CC#Cc1ccc([C@@H]2BCCC2)cc1. The van der Waals surface area contributed by atoms with E-state index in [9.17, 15) is 0 Å². The molecule has 0 spiro atoms. The minimum atomic E-state index is 0.818. The molecule has 1 aliphatic rings. The normalized spacial score (nSPS) is 19.6. The van der Waals surface area contributed by atoms with Crippen molar-refractivity contribution in [3.63, 3.8) is 0 Å². The second-order valence-corrected chi connectivity index (χ2v) is 3.98. The zero-order valence-corrected chi connectivity index (χ0v) is 8.72. The molecule has 2 rings (SSSR count). The molecule has 1 aliphatic heterocycles. The van der Waals surface area contributed by atoms with E-state index in [2.05, 4.69) is 36.1 Å². The van der Waals surface area contributed by atoms with Gasteiger partial charge in [0.25, 0.3) is 0 Å². The summed E-state index contributed by atoms with van der Waals surface area (Å²) in [5.41, 5.74) is 2.64. The molecule has 0 nitrogen and oxygen atoms in total. The van der Waals surface area contributed by atoms with Crippen LogP contribution in [0.4, 0.5) is 0 Å². The maximum Gasteiger partial charge on any atom is 0.129 e. The van der Waals surface area contributed by atoms with E-state index in [4.69, 9.17) is 0 Å². The molecule has 70 valence electrons. The van der Waals surface area contributed by atoms with Crippen LogP contribution in [0.2, 0.25) is 6.32 Å². The highest BCUT2D eigenvalue weighted by Gasteiger charge is 2.17. The molecule has 1 fully saturated rings. The van der Waals surface area contributed by atoms with Gasteiger partial charge in [-0.3, -0.25) is 0 Å². The van der Waals surface area contributed by atoms with E-state index >= 15 is 0 Å². The molecule has 0 bridgehead atoms. The van der Waals surface area contributed by atoms with Crippen LogP contribution >= 0.6 is 0 Å². The lowest BCUT2D eigenvalue weighted by Gasteiger charge is -2.08. The van der Waals surface area contributed by atoms with Gasteiger partial charge in [0.05, 0.1) is 0 Å². The Bertz CT molecular complexity index is 347. The van der Waals surface area contributed by atoms with Crippen LogP contribution in [-0.4, -0.2) is 7.28 Å². The Morgan fingerprint density at radius 2 is 2.07 bits per heavy atom. The fourth-order valence-corrected chi connectivity index (χ4v) is 2.24. The average molecular weight is 182 g/mol. The maximum atomic E-state index is 3.08. The fraction of sp³-hybridized carbons (Fsp3) is 0.385. The quantitative estimate of drug-likeness (QED) is 0.462. The molecule has 0 aromatic heterocycles. The van der Waals surface area contributed by atoms with Crippen molar-refractivity contribution < 1.29 is 0 Å². The molecule has 1 heteroatoms. The molecular formula is C13H15B. The molecule has 0 unspecified atom stereocenters. The van der Waals surface area contributed by atoms with Crippen molar-refractivity contribution in [1.82, 2.24) is 0 Å². The minimum absolute atomic E-state index is 0.818. The van der Waals surface area contributed by atoms with Crippen LogP contribution in [0, 0.1) is 11.8 Å². The summed E-state index contributed by atoms with van der Waals surface area (Å²) in [7, 11) is 1.37. The topological polar surface area (TPSA) is 0 Å². The van der Waals surface area contributed by atoms with E-state index in [1.165, 1.54) is 32.0 Å². The largest absolute Gasteiger partial charge is 0.129 e. The second kappa shape index (κ2) is 4.37. The van der Waals surface area contributed by atoms with Crippen LogP contribution in [-0.2, 0) is 0 Å². The summed E-state index contributed by atoms with van der Waals surface area (Å²) in [6.07, 6.45) is 4.18. The van der Waals surface area contributed by atoms with Crippen molar-refractivity contribution in [2.45, 2.75) is 31.9 Å². The third kappa shape index (κ3) is 2.01. The van der Waals surface area contributed by atoms with E-state index in [0.717, 1.165) is 11.4 Å². The van der Waals surface area contributed by atoms with Crippen LogP contribution in [0.25, 0.3) is 0 Å². The second-order valence-electron chi connectivity index (χ2n) is 3.98. The van der Waals surface area contributed by atoms with Gasteiger partial charge in [-0.15, -0.1) is 5.92 Å². The number of hydrogen-bond donors (Lipinski definition) is 0. The summed E-state index contributed by atoms with van der Waals surface area (Å²) in [4.78, 5) is 0. The van der Waals surface area contributed by atoms with Crippen molar-refractivity contribution in [1.29, 1.82) is 0 Å². The van der Waals surface area contributed by atoms with Gasteiger partial charge in [0, 0.05) is 5.56 Å². The van der Waals surface area contributed by atoms with Gasteiger partial charge in [0.15, 0.2) is 0 Å². The zero-order valence-electron chi connectivity index (χ0n) is 8.72. The van der Waals surface area contributed by atoms with Gasteiger partial charge in [-0.05, 0) is 24.9 Å². The first-order valence-electron chi connectivity index (χ1n) is 5.43. The average Bonchev–Trinajstić information content (AvgIpc) is 2.72. The Hall–Kier alpha value is -1.16. The lowest BCUT2D eigenvalue weighted by atomic mass is 9.64. The van der Waals surface area contributed by atoms with Gasteiger partial charge >= 0.3 is 0 Å². The first kappa shape index (κ1) is 9.40. The maximum absolute atomic E-state index is 3.08. The predicted molar refractivity (Wildman–Crippen MR) is 62.9 cm³/mol. The van der Waals surface area contributed by atoms with Gasteiger partial charge in [-0.1, -0.05) is 42.8 Å². The molecule has 1 atom stereocenters. The molecule has 0 N–H and O–H groups in total. The molecule has 0 radical (unpaired) electrons. The van der Waals surface area contributed by atoms with Crippen LogP contribution in [0.1, 0.15) is 36.7 Å². The Kier molecular flexibility index (Phi) is 2.94. The van der Waals surface area contributed by atoms with E-state index in [-0.39, 0.29) is 0 Å². The summed E-state index contributed by atoms with van der Waals surface area (Å²) in [6, 6.07) is 8.78. The molecule has 0 amide bonds. The standard InChI is InChI=1S/C13H15B/c1-2-4-11-6-8-12(9-7-11)13-5-3-10-14-13/h6-9,13-14H,3,5,10H2,1H3/t13-/m1/s1. The smallest absolute Gasteiger partial charge is 0.101 e. The Morgan fingerprint density at radius 3 is 2.64 bits per heavy atom. The van der Waals surface area contributed by atoms with E-state index in [1.807, 2.05) is 6.92 Å². The third-order valence-electron chi connectivity index (χ3n) is 3.01. The molecule has 1 aromatic rings. The van der Waals surface area contributed by atoms with Crippen molar-refractivity contribution >= 4 is 7.28 Å². The van der Waals surface area contributed by atoms with Crippen LogP contribution in [0.3, 0.4) is 0 Å². The zero-order chi connectivity index (χ0) is 9.80. The fourth-order valence-electron chi connectivity index (χ4n) is 2.24. The molecule has 0 aliphatic carbocycles. The number of benzene rings is 1. The van der Waals surface area contributed by atoms with Gasteiger partial charge in [-0.2, -0.15) is 0 Å². The Balaban J connectivity index is 2.15. The first-order valence-corrected chi connectivity index (χ1v) is 5.43. The highest BCUT2D eigenvalue weighted by Crippen LogP contribution is 2.28. The van der Waals surface area contributed by atoms with Gasteiger partial charge in [0.1, 0.15) is 7.28 Å². The molecule has 14 heavy (non-hydrogen) atoms. The summed E-state index contributed by atoms with van der Waals surface area (Å²) in [5.74, 6) is 6.82. The van der Waals surface area contributed by atoms with Crippen molar-refractivity contribution in [3.8, 4) is 11.8 Å². The van der Waals surface area contributed by atoms with Crippen LogP contribution in [0.15, 0.2) is 24.3 Å². The van der Waals surface area contributed by atoms with Crippen molar-refractivity contribution in [2.24, 2.45) is 0 Å². The summed E-state index contributed by atoms with van der Waals surface area (Å²) >= 11 is 0. The molecular weight excluding hydrogens is 167 g/mol. The van der Waals surface area contributed by atoms with Gasteiger partial charge in [-0.25, -0.2) is 0 Å². The summed E-state index contributed by atoms with van der Waals surface area (Å²) in [5, 5.41) is 0. The van der Waals surface area contributed by atoms with Crippen molar-refractivity contribution in [3.05, 3.63) is 35.4 Å². The van der Waals surface area contributed by atoms with E-state index in [0.29, 0.717) is 0 Å². The van der Waals surface area contributed by atoms with Crippen LogP contribution in [0.5, 0.6) is 0 Å². The highest BCUT2D eigenvalue weighted by molar-refractivity contribution is 6.38. The van der Waals surface area contributed by atoms with Crippen LogP contribution < -0.4 is 0 Å².